The van der Waals surface area contributed by atoms with E-state index >= 15 is 0 Å². The molecule has 23 heavy (non-hydrogen) atoms. The molecule has 3 aromatic rings. The molecule has 0 bridgehead atoms. The highest BCUT2D eigenvalue weighted by Gasteiger charge is 2.39. The van der Waals surface area contributed by atoms with E-state index in [4.69, 9.17) is 4.74 Å². The number of rotatable bonds is 2. The number of benzene rings is 3. The Bertz CT molecular complexity index is 825. The largest absolute Gasteiger partial charge is 0.426 e. The highest BCUT2D eigenvalue weighted by atomic mass is 16.5. The molecule has 0 saturated carbocycles. The lowest BCUT2D eigenvalue weighted by Gasteiger charge is -2.32. The van der Waals surface area contributed by atoms with Crippen LogP contribution in [0.4, 0.5) is 0 Å². The van der Waals surface area contributed by atoms with Crippen molar-refractivity contribution in [1.82, 2.24) is 0 Å². The summed E-state index contributed by atoms with van der Waals surface area (Å²) >= 11 is 0. The van der Waals surface area contributed by atoms with E-state index in [-0.39, 0.29) is 17.8 Å². The monoisotopic (exact) mass is 300 g/mol. The lowest BCUT2D eigenvalue weighted by atomic mass is 9.75. The highest BCUT2D eigenvalue weighted by molar-refractivity contribution is 5.85. The Morgan fingerprint density at radius 2 is 1.13 bits per heavy atom. The molecule has 0 N–H and O–H groups in total. The number of esters is 1. The summed E-state index contributed by atoms with van der Waals surface area (Å²) in [5.41, 5.74) is 3.18. The zero-order chi connectivity index (χ0) is 15.6. The molecule has 0 amide bonds. The van der Waals surface area contributed by atoms with Gasteiger partial charge < -0.3 is 4.74 Å². The van der Waals surface area contributed by atoms with Crippen molar-refractivity contribution in [2.45, 2.75) is 11.8 Å². The first-order valence-corrected chi connectivity index (χ1v) is 7.75. The van der Waals surface area contributed by atoms with Gasteiger partial charge in [0.25, 0.3) is 0 Å². The van der Waals surface area contributed by atoms with E-state index in [0.29, 0.717) is 5.75 Å². The molecule has 0 radical (unpaired) electrons. The topological polar surface area (TPSA) is 26.3 Å². The van der Waals surface area contributed by atoms with Crippen LogP contribution in [0.1, 0.15) is 28.5 Å². The summed E-state index contributed by atoms with van der Waals surface area (Å²) in [5.74, 6) is 0.117. The smallest absolute Gasteiger partial charge is 0.319 e. The van der Waals surface area contributed by atoms with E-state index in [1.54, 1.807) is 0 Å². The van der Waals surface area contributed by atoms with Crippen LogP contribution in [0.2, 0.25) is 0 Å². The normalized spacial score (nSPS) is 19.7. The molecule has 1 aliphatic heterocycles. The maximum Gasteiger partial charge on any atom is 0.319 e. The molecule has 1 aliphatic rings. The third-order valence-corrected chi connectivity index (χ3v) is 4.37. The van der Waals surface area contributed by atoms with E-state index in [2.05, 4.69) is 18.2 Å². The molecule has 2 nitrogen and oxygen atoms in total. The van der Waals surface area contributed by atoms with Gasteiger partial charge in [-0.2, -0.15) is 0 Å². The van der Waals surface area contributed by atoms with Gasteiger partial charge in [0.05, 0.1) is 5.92 Å². The third kappa shape index (κ3) is 2.42. The van der Waals surface area contributed by atoms with Gasteiger partial charge in [-0.15, -0.1) is 0 Å². The number of carbonyl (C=O) groups is 1. The first-order valence-electron chi connectivity index (χ1n) is 7.75. The molecule has 0 spiro atoms. The molecule has 3 aromatic carbocycles. The number of fused-ring (bicyclic) bond motifs is 1. The molecule has 0 unspecified atom stereocenters. The number of ether oxygens (including phenoxy) is 1. The van der Waals surface area contributed by atoms with Crippen molar-refractivity contribution in [2.75, 3.05) is 0 Å². The molecule has 0 aliphatic carbocycles. The van der Waals surface area contributed by atoms with Crippen LogP contribution in [0.15, 0.2) is 84.9 Å². The van der Waals surface area contributed by atoms with Gasteiger partial charge in [-0.25, -0.2) is 0 Å². The fourth-order valence-corrected chi connectivity index (χ4v) is 3.34. The average molecular weight is 300 g/mol. The predicted molar refractivity (Wildman–Crippen MR) is 89.5 cm³/mol. The average Bonchev–Trinajstić information content (AvgIpc) is 2.62. The van der Waals surface area contributed by atoms with Crippen molar-refractivity contribution < 1.29 is 9.53 Å². The lowest BCUT2D eigenvalue weighted by Crippen LogP contribution is -2.30. The quantitative estimate of drug-likeness (QED) is 0.514. The summed E-state index contributed by atoms with van der Waals surface area (Å²) in [6.45, 7) is 0. The molecule has 0 fully saturated rings. The second-order valence-electron chi connectivity index (χ2n) is 5.74. The summed E-state index contributed by atoms with van der Waals surface area (Å²) in [6.07, 6.45) is 0. The van der Waals surface area contributed by atoms with Gasteiger partial charge >= 0.3 is 5.97 Å². The summed E-state index contributed by atoms with van der Waals surface area (Å²) in [4.78, 5) is 12.7. The molecule has 0 saturated heterocycles. The SMILES string of the molecule is O=C1Oc2ccccc2[C@H](c2ccccc2)[C@@H]1c1ccccc1. The van der Waals surface area contributed by atoms with Crippen LogP contribution in [0, 0.1) is 0 Å². The summed E-state index contributed by atoms with van der Waals surface area (Å²) in [5, 5.41) is 0. The minimum Gasteiger partial charge on any atom is -0.426 e. The third-order valence-electron chi connectivity index (χ3n) is 4.37. The standard InChI is InChI=1S/C21H16O2/c22-21-20(16-11-5-2-6-12-16)19(15-9-3-1-4-10-15)17-13-7-8-14-18(17)23-21/h1-14,19-20H/t19-,20-/m0/s1. The van der Waals surface area contributed by atoms with Crippen molar-refractivity contribution in [2.24, 2.45) is 0 Å². The van der Waals surface area contributed by atoms with Crippen LogP contribution >= 0.6 is 0 Å². The van der Waals surface area contributed by atoms with Crippen molar-refractivity contribution in [1.29, 1.82) is 0 Å². The number of para-hydroxylation sites is 1. The minimum absolute atomic E-state index is 0.0314. The molecule has 0 aromatic heterocycles. The fraction of sp³-hybridized carbons (Fsp3) is 0.0952. The Kier molecular flexibility index (Phi) is 3.43. The van der Waals surface area contributed by atoms with Crippen molar-refractivity contribution >= 4 is 5.97 Å². The van der Waals surface area contributed by atoms with Crippen LogP contribution in [-0.2, 0) is 4.79 Å². The zero-order valence-corrected chi connectivity index (χ0v) is 12.6. The van der Waals surface area contributed by atoms with Crippen molar-refractivity contribution in [3.05, 3.63) is 102 Å². The number of hydrogen-bond acceptors (Lipinski definition) is 2. The zero-order valence-electron chi connectivity index (χ0n) is 12.6. The molecule has 4 rings (SSSR count). The van der Waals surface area contributed by atoms with Gasteiger partial charge in [0.1, 0.15) is 5.75 Å². The summed E-state index contributed by atoms with van der Waals surface area (Å²) in [6, 6.07) is 27.9. The van der Waals surface area contributed by atoms with Gasteiger partial charge in [0.2, 0.25) is 0 Å². The molecule has 2 atom stereocenters. The second kappa shape index (κ2) is 5.73. The van der Waals surface area contributed by atoms with Crippen LogP contribution in [-0.4, -0.2) is 5.97 Å². The molecule has 1 heterocycles. The number of carbonyl (C=O) groups excluding carboxylic acids is 1. The van der Waals surface area contributed by atoms with Gasteiger partial charge in [-0.1, -0.05) is 78.9 Å². The summed E-state index contributed by atoms with van der Waals surface area (Å²) < 4.78 is 5.61. The Labute approximate surface area is 135 Å². The predicted octanol–water partition coefficient (Wildman–Crippen LogP) is 4.52. The van der Waals surface area contributed by atoms with Gasteiger partial charge in [-0.3, -0.25) is 4.79 Å². The Hall–Kier alpha value is -2.87. The first kappa shape index (κ1) is 13.8. The minimum atomic E-state index is -0.325. The Balaban J connectivity index is 1.92. The van der Waals surface area contributed by atoms with E-state index < -0.39 is 0 Å². The summed E-state index contributed by atoms with van der Waals surface area (Å²) in [7, 11) is 0. The fourth-order valence-electron chi connectivity index (χ4n) is 3.34. The highest BCUT2D eigenvalue weighted by Crippen LogP contribution is 2.46. The van der Waals surface area contributed by atoms with E-state index in [1.807, 2.05) is 66.7 Å². The van der Waals surface area contributed by atoms with E-state index in [0.717, 1.165) is 16.7 Å². The van der Waals surface area contributed by atoms with Gasteiger partial charge in [0, 0.05) is 11.5 Å². The van der Waals surface area contributed by atoms with E-state index in [9.17, 15) is 4.79 Å². The number of hydrogen-bond donors (Lipinski definition) is 0. The van der Waals surface area contributed by atoms with Gasteiger partial charge in [-0.05, 0) is 17.2 Å². The maximum atomic E-state index is 12.7. The van der Waals surface area contributed by atoms with E-state index in [1.165, 1.54) is 0 Å². The van der Waals surface area contributed by atoms with Crippen molar-refractivity contribution in [3.63, 3.8) is 0 Å². The molecule has 2 heteroatoms. The van der Waals surface area contributed by atoms with Gasteiger partial charge in [0.15, 0.2) is 0 Å². The molecular formula is C21H16O2. The Morgan fingerprint density at radius 3 is 1.78 bits per heavy atom. The van der Waals surface area contributed by atoms with Crippen molar-refractivity contribution in [3.8, 4) is 5.75 Å². The molecular weight excluding hydrogens is 284 g/mol. The molecule has 112 valence electrons. The van der Waals surface area contributed by atoms with Crippen LogP contribution < -0.4 is 4.74 Å². The van der Waals surface area contributed by atoms with Crippen LogP contribution in [0.25, 0.3) is 0 Å². The second-order valence-corrected chi connectivity index (χ2v) is 5.74. The van der Waals surface area contributed by atoms with Crippen LogP contribution in [0.3, 0.4) is 0 Å². The van der Waals surface area contributed by atoms with Crippen LogP contribution in [0.5, 0.6) is 5.75 Å². The Morgan fingerprint density at radius 1 is 0.609 bits per heavy atom. The lowest BCUT2D eigenvalue weighted by molar-refractivity contribution is -0.137. The first-order chi connectivity index (χ1) is 11.3. The maximum absolute atomic E-state index is 12.7.